The Hall–Kier alpha value is -2.83. The second kappa shape index (κ2) is 10.9. The summed E-state index contributed by atoms with van der Waals surface area (Å²) in [6, 6.07) is 6.79. The highest BCUT2D eigenvalue weighted by atomic mass is 35.5. The van der Waals surface area contributed by atoms with E-state index in [1.165, 1.54) is 37.7 Å². The molecule has 1 heterocycles. The number of hydrogen-bond acceptors (Lipinski definition) is 9. The molecule has 0 radical (unpaired) electrons. The van der Waals surface area contributed by atoms with Crippen molar-refractivity contribution in [2.45, 2.75) is 24.5 Å². The van der Waals surface area contributed by atoms with Gasteiger partial charge in [0.05, 0.1) is 36.6 Å². The molecule has 0 aliphatic carbocycles. The molecule has 3 aromatic rings. The number of aromatic nitrogens is 2. The summed E-state index contributed by atoms with van der Waals surface area (Å²) in [7, 11) is 1.35. The first-order valence-corrected chi connectivity index (χ1v) is 10.1. The average molecular weight is 486 g/mol. The molecule has 2 aromatic carbocycles. The van der Waals surface area contributed by atoms with E-state index in [-0.39, 0.29) is 16.5 Å². The van der Waals surface area contributed by atoms with E-state index in [0.29, 0.717) is 22.4 Å². The fraction of sp³-hybridized carbons (Fsp3) is 0.333. The Bertz CT molecular complexity index is 1110. The molecule has 0 fully saturated rings. The van der Waals surface area contributed by atoms with E-state index >= 15 is 0 Å². The normalized spacial score (nSPS) is 15.0. The molecule has 5 N–H and O–H groups in total. The quantitative estimate of drug-likeness (QED) is 0.292. The number of benzene rings is 2. The Labute approximate surface area is 192 Å². The smallest absolute Gasteiger partial charge is 0.164 e. The minimum Gasteiger partial charge on any atom is -0.493 e. The van der Waals surface area contributed by atoms with Crippen molar-refractivity contribution >= 4 is 34.0 Å². The lowest BCUT2D eigenvalue weighted by Crippen LogP contribution is -2.48. The number of fused-ring (bicyclic) bond motifs is 1. The number of aliphatic hydroxyl groups excluding tert-OH is 4. The van der Waals surface area contributed by atoms with Crippen molar-refractivity contribution in [3.05, 3.63) is 47.5 Å². The van der Waals surface area contributed by atoms with Gasteiger partial charge in [0.15, 0.2) is 23.8 Å². The maximum atomic E-state index is 13.6. The van der Waals surface area contributed by atoms with Crippen molar-refractivity contribution in [3.8, 4) is 11.5 Å². The summed E-state index contributed by atoms with van der Waals surface area (Å²) in [5.41, 5.74) is 0.770. The van der Waals surface area contributed by atoms with E-state index < -0.39 is 43.5 Å². The number of nitrogens with one attached hydrogen (secondary N) is 1. The van der Waals surface area contributed by atoms with Crippen LogP contribution in [-0.4, -0.2) is 75.2 Å². The number of hydrogen-bond donors (Lipinski definition) is 5. The van der Waals surface area contributed by atoms with Gasteiger partial charge in [0.2, 0.25) is 0 Å². The molecule has 178 valence electrons. The number of rotatable bonds is 10. The number of methoxy groups -OCH3 is 1. The number of ether oxygens (including phenoxy) is 2. The van der Waals surface area contributed by atoms with Crippen LogP contribution in [0.1, 0.15) is 0 Å². The van der Waals surface area contributed by atoms with E-state index in [2.05, 4.69) is 15.3 Å². The molecule has 0 saturated carbocycles. The van der Waals surface area contributed by atoms with Crippen LogP contribution in [0.25, 0.3) is 10.9 Å². The third kappa shape index (κ3) is 5.57. The van der Waals surface area contributed by atoms with Crippen molar-refractivity contribution in [1.82, 2.24) is 9.97 Å². The molecule has 0 unspecified atom stereocenters. The number of halogens is 3. The fourth-order valence-electron chi connectivity index (χ4n) is 3.05. The summed E-state index contributed by atoms with van der Waals surface area (Å²) in [4.78, 5) is 8.34. The Morgan fingerprint density at radius 2 is 1.82 bits per heavy atom. The number of nitrogens with zero attached hydrogens (tertiary/aromatic N) is 2. The van der Waals surface area contributed by atoms with Gasteiger partial charge >= 0.3 is 0 Å². The Morgan fingerprint density at radius 3 is 2.45 bits per heavy atom. The van der Waals surface area contributed by atoms with Gasteiger partial charge in [-0.2, -0.15) is 0 Å². The van der Waals surface area contributed by atoms with Crippen molar-refractivity contribution in [3.63, 3.8) is 0 Å². The molecule has 1 aromatic heterocycles. The predicted molar refractivity (Wildman–Crippen MR) is 116 cm³/mol. The fourth-order valence-corrected chi connectivity index (χ4v) is 3.27. The minimum absolute atomic E-state index is 0.0409. The summed E-state index contributed by atoms with van der Waals surface area (Å²) in [5.74, 6) is 0.0323. The standard InChI is InChI=1S/C21H22ClF2N3O6/c1-32-16-5-11-15(6-17(16)33-18(8-29)20(31)19(30)13(24)7-28)25-9-26-21(11)27-14-3-2-10(23)4-12(14)22/h2-6,9,13,18-20,28-31H,7-8H2,1H3,(H,25,26,27)/t13-,18-,19+,20+/m1/s1. The van der Waals surface area contributed by atoms with E-state index in [0.717, 1.165) is 6.07 Å². The maximum absolute atomic E-state index is 13.6. The molecular weight excluding hydrogens is 464 g/mol. The summed E-state index contributed by atoms with van der Waals surface area (Å²) in [6.45, 7) is -1.78. The minimum atomic E-state index is -2.13. The lowest BCUT2D eigenvalue weighted by atomic mass is 10.0. The van der Waals surface area contributed by atoms with Crippen molar-refractivity contribution in [2.24, 2.45) is 0 Å². The predicted octanol–water partition coefficient (Wildman–Crippen LogP) is 1.97. The number of alkyl halides is 1. The molecule has 0 aliphatic heterocycles. The zero-order valence-electron chi connectivity index (χ0n) is 17.3. The van der Waals surface area contributed by atoms with Gasteiger partial charge in [0.1, 0.15) is 30.2 Å². The average Bonchev–Trinajstić information content (AvgIpc) is 2.82. The van der Waals surface area contributed by atoms with E-state index in [9.17, 15) is 24.1 Å². The van der Waals surface area contributed by atoms with Crippen LogP contribution in [0.5, 0.6) is 11.5 Å². The SMILES string of the molecule is COc1cc2c(Nc3ccc(F)cc3Cl)ncnc2cc1O[C@H](CO)[C@H](O)[C@@H](O)[C@H](F)CO. The maximum Gasteiger partial charge on any atom is 0.164 e. The zero-order valence-corrected chi connectivity index (χ0v) is 18.1. The summed E-state index contributed by atoms with van der Waals surface area (Å²) >= 11 is 6.07. The van der Waals surface area contributed by atoms with Crippen LogP contribution in [0.15, 0.2) is 36.7 Å². The third-order valence-electron chi connectivity index (χ3n) is 4.84. The molecule has 4 atom stereocenters. The Kier molecular flexibility index (Phi) is 8.16. The van der Waals surface area contributed by atoms with Gasteiger partial charge in [-0.1, -0.05) is 11.6 Å². The summed E-state index contributed by atoms with van der Waals surface area (Å²) in [5, 5.41) is 42.0. The number of anilines is 2. The topological polar surface area (TPSA) is 137 Å². The number of aliphatic hydroxyl groups is 4. The van der Waals surface area contributed by atoms with Crippen molar-refractivity contribution in [1.29, 1.82) is 0 Å². The first-order chi connectivity index (χ1) is 15.8. The molecule has 12 heteroatoms. The highest BCUT2D eigenvalue weighted by Crippen LogP contribution is 2.36. The van der Waals surface area contributed by atoms with Gasteiger partial charge in [-0.15, -0.1) is 0 Å². The highest BCUT2D eigenvalue weighted by molar-refractivity contribution is 6.33. The second-order valence-electron chi connectivity index (χ2n) is 7.01. The van der Waals surface area contributed by atoms with E-state index in [1.807, 2.05) is 0 Å². The van der Waals surface area contributed by atoms with E-state index in [4.69, 9.17) is 26.2 Å². The van der Waals surface area contributed by atoms with Gasteiger partial charge in [-0.25, -0.2) is 18.7 Å². The van der Waals surface area contributed by atoms with Crippen LogP contribution < -0.4 is 14.8 Å². The molecule has 9 nitrogen and oxygen atoms in total. The van der Waals surface area contributed by atoms with Crippen molar-refractivity contribution < 1.29 is 38.7 Å². The second-order valence-corrected chi connectivity index (χ2v) is 7.42. The monoisotopic (exact) mass is 485 g/mol. The summed E-state index contributed by atoms with van der Waals surface area (Å²) < 4.78 is 37.8. The first-order valence-electron chi connectivity index (χ1n) is 9.72. The molecule has 0 spiro atoms. The zero-order chi connectivity index (χ0) is 24.1. The van der Waals surface area contributed by atoms with Gasteiger partial charge in [-0.05, 0) is 24.3 Å². The van der Waals surface area contributed by atoms with Crippen LogP contribution in [0.3, 0.4) is 0 Å². The largest absolute Gasteiger partial charge is 0.493 e. The lowest BCUT2D eigenvalue weighted by molar-refractivity contribution is -0.0981. The van der Waals surface area contributed by atoms with Crippen LogP contribution in [-0.2, 0) is 0 Å². The van der Waals surface area contributed by atoms with Crippen LogP contribution >= 0.6 is 11.6 Å². The Morgan fingerprint density at radius 1 is 1.06 bits per heavy atom. The van der Waals surface area contributed by atoms with Crippen LogP contribution in [0.2, 0.25) is 5.02 Å². The molecular formula is C21H22ClF2N3O6. The molecule has 0 amide bonds. The molecule has 0 aliphatic rings. The molecule has 0 saturated heterocycles. The van der Waals surface area contributed by atoms with Crippen LogP contribution in [0, 0.1) is 5.82 Å². The molecule has 33 heavy (non-hydrogen) atoms. The third-order valence-corrected chi connectivity index (χ3v) is 5.15. The first kappa shape index (κ1) is 24.8. The van der Waals surface area contributed by atoms with E-state index in [1.54, 1.807) is 0 Å². The Balaban J connectivity index is 1.94. The molecule has 0 bridgehead atoms. The van der Waals surface area contributed by atoms with Gasteiger partial charge in [0, 0.05) is 11.5 Å². The van der Waals surface area contributed by atoms with Gasteiger partial charge < -0.3 is 35.2 Å². The summed E-state index contributed by atoms with van der Waals surface area (Å²) in [6.07, 6.45) is -6.14. The van der Waals surface area contributed by atoms with Crippen LogP contribution in [0.4, 0.5) is 20.3 Å². The van der Waals surface area contributed by atoms with Crippen molar-refractivity contribution in [2.75, 3.05) is 25.6 Å². The molecule has 3 rings (SSSR count). The highest BCUT2D eigenvalue weighted by Gasteiger charge is 2.34. The van der Waals surface area contributed by atoms with Gasteiger partial charge in [-0.3, -0.25) is 0 Å². The van der Waals surface area contributed by atoms with Gasteiger partial charge in [0.25, 0.3) is 0 Å². The lowest BCUT2D eigenvalue weighted by Gasteiger charge is -2.28.